The number of para-hydroxylation sites is 1. The quantitative estimate of drug-likeness (QED) is 0.600. The number of amides is 3. The van der Waals surface area contributed by atoms with Gasteiger partial charge in [0, 0.05) is 25.2 Å². The lowest BCUT2D eigenvalue weighted by Crippen LogP contribution is -2.33. The molecular formula is C14H19N3O4. The van der Waals surface area contributed by atoms with Crippen LogP contribution in [0.15, 0.2) is 24.3 Å². The average Bonchev–Trinajstić information content (AvgIpc) is 2.40. The first-order valence-corrected chi connectivity index (χ1v) is 6.64. The van der Waals surface area contributed by atoms with E-state index in [4.69, 9.17) is 5.11 Å². The van der Waals surface area contributed by atoms with Gasteiger partial charge in [-0.05, 0) is 18.6 Å². The van der Waals surface area contributed by atoms with Gasteiger partial charge in [-0.15, -0.1) is 0 Å². The molecule has 7 nitrogen and oxygen atoms in total. The normalized spacial score (nSPS) is 9.76. The number of aliphatic carboxylic acids is 1. The fourth-order valence-corrected chi connectivity index (χ4v) is 1.70. The number of anilines is 1. The van der Waals surface area contributed by atoms with Crippen LogP contribution < -0.4 is 16.0 Å². The zero-order valence-electron chi connectivity index (χ0n) is 11.8. The van der Waals surface area contributed by atoms with E-state index >= 15 is 0 Å². The molecule has 0 atom stereocenters. The van der Waals surface area contributed by atoms with Gasteiger partial charge < -0.3 is 21.1 Å². The van der Waals surface area contributed by atoms with Crippen molar-refractivity contribution in [1.29, 1.82) is 0 Å². The Kier molecular flexibility index (Phi) is 6.73. The van der Waals surface area contributed by atoms with Crippen LogP contribution >= 0.6 is 0 Å². The van der Waals surface area contributed by atoms with E-state index in [0.29, 0.717) is 17.8 Å². The third-order valence-electron chi connectivity index (χ3n) is 2.62. The summed E-state index contributed by atoms with van der Waals surface area (Å²) in [6.45, 7) is 2.57. The zero-order valence-corrected chi connectivity index (χ0v) is 11.8. The maximum Gasteiger partial charge on any atom is 0.319 e. The average molecular weight is 293 g/mol. The number of carboxylic acid groups (broad SMARTS) is 1. The second kappa shape index (κ2) is 8.57. The standard InChI is InChI=1S/C14H19N3O4/c1-2-15-12(18)7-8-16-14(21)17-11-6-4-3-5-10(11)9-13(19)20/h3-6H,2,7-9H2,1H3,(H,15,18)(H,19,20)(H2,16,17,21). The summed E-state index contributed by atoms with van der Waals surface area (Å²) in [5, 5.41) is 16.5. The summed E-state index contributed by atoms with van der Waals surface area (Å²) in [5.74, 6) is -1.11. The van der Waals surface area contributed by atoms with E-state index in [0.717, 1.165) is 0 Å². The highest BCUT2D eigenvalue weighted by atomic mass is 16.4. The molecule has 0 spiro atoms. The van der Waals surface area contributed by atoms with Gasteiger partial charge in [0.25, 0.3) is 0 Å². The summed E-state index contributed by atoms with van der Waals surface area (Å²) in [5.41, 5.74) is 0.958. The molecule has 0 aliphatic carbocycles. The molecule has 1 aromatic carbocycles. The first kappa shape index (κ1) is 16.5. The summed E-state index contributed by atoms with van der Waals surface area (Å²) in [7, 11) is 0. The van der Waals surface area contributed by atoms with E-state index in [1.165, 1.54) is 0 Å². The fourth-order valence-electron chi connectivity index (χ4n) is 1.70. The van der Waals surface area contributed by atoms with Crippen molar-refractivity contribution in [1.82, 2.24) is 10.6 Å². The molecule has 0 aliphatic heterocycles. The second-order valence-electron chi connectivity index (χ2n) is 4.31. The van der Waals surface area contributed by atoms with Crippen LogP contribution in [0.5, 0.6) is 0 Å². The van der Waals surface area contributed by atoms with Crippen LogP contribution in [0.3, 0.4) is 0 Å². The minimum atomic E-state index is -0.971. The van der Waals surface area contributed by atoms with Crippen LogP contribution in [-0.4, -0.2) is 36.1 Å². The first-order chi connectivity index (χ1) is 10.0. The monoisotopic (exact) mass is 293 g/mol. The molecule has 0 saturated heterocycles. The molecule has 3 amide bonds. The molecule has 4 N–H and O–H groups in total. The van der Waals surface area contributed by atoms with Gasteiger partial charge in [0.05, 0.1) is 6.42 Å². The first-order valence-electron chi connectivity index (χ1n) is 6.64. The molecule has 0 heterocycles. The predicted octanol–water partition coefficient (Wildman–Crippen LogP) is 0.961. The molecule has 21 heavy (non-hydrogen) atoms. The topological polar surface area (TPSA) is 108 Å². The Morgan fingerprint density at radius 1 is 1.14 bits per heavy atom. The Bertz CT molecular complexity index is 517. The van der Waals surface area contributed by atoms with Gasteiger partial charge in [0.1, 0.15) is 0 Å². The van der Waals surface area contributed by atoms with Gasteiger partial charge in [-0.25, -0.2) is 4.79 Å². The van der Waals surface area contributed by atoms with E-state index in [9.17, 15) is 14.4 Å². The molecule has 114 valence electrons. The Hall–Kier alpha value is -2.57. The Morgan fingerprint density at radius 2 is 1.86 bits per heavy atom. The van der Waals surface area contributed by atoms with E-state index in [1.54, 1.807) is 24.3 Å². The molecule has 0 aliphatic rings. The third kappa shape index (κ3) is 6.42. The fraction of sp³-hybridized carbons (Fsp3) is 0.357. The molecule has 0 fully saturated rings. The smallest absolute Gasteiger partial charge is 0.319 e. The Morgan fingerprint density at radius 3 is 2.52 bits per heavy atom. The van der Waals surface area contributed by atoms with Crippen molar-refractivity contribution < 1.29 is 19.5 Å². The van der Waals surface area contributed by atoms with E-state index in [2.05, 4.69) is 16.0 Å². The summed E-state index contributed by atoms with van der Waals surface area (Å²) in [6, 6.07) is 6.20. The molecule has 1 aromatic rings. The van der Waals surface area contributed by atoms with Crippen molar-refractivity contribution in [2.45, 2.75) is 19.8 Å². The molecule has 0 saturated carbocycles. The number of rotatable bonds is 7. The summed E-state index contributed by atoms with van der Waals surface area (Å²) >= 11 is 0. The Labute approximate surface area is 122 Å². The minimum Gasteiger partial charge on any atom is -0.481 e. The van der Waals surface area contributed by atoms with Crippen molar-refractivity contribution in [3.05, 3.63) is 29.8 Å². The highest BCUT2D eigenvalue weighted by Gasteiger charge is 2.09. The highest BCUT2D eigenvalue weighted by Crippen LogP contribution is 2.15. The lowest BCUT2D eigenvalue weighted by molar-refractivity contribution is -0.136. The van der Waals surface area contributed by atoms with Crippen LogP contribution in [0.4, 0.5) is 10.5 Å². The lowest BCUT2D eigenvalue weighted by Gasteiger charge is -2.10. The van der Waals surface area contributed by atoms with Gasteiger partial charge in [-0.2, -0.15) is 0 Å². The number of carbonyl (C=O) groups excluding carboxylic acids is 2. The number of benzene rings is 1. The van der Waals surface area contributed by atoms with Crippen LogP contribution in [-0.2, 0) is 16.0 Å². The van der Waals surface area contributed by atoms with Gasteiger partial charge in [-0.3, -0.25) is 9.59 Å². The van der Waals surface area contributed by atoms with Gasteiger partial charge in [0.15, 0.2) is 0 Å². The largest absolute Gasteiger partial charge is 0.481 e. The predicted molar refractivity (Wildman–Crippen MR) is 78.1 cm³/mol. The van der Waals surface area contributed by atoms with Crippen molar-refractivity contribution in [3.63, 3.8) is 0 Å². The molecule has 0 aromatic heterocycles. The Balaban J connectivity index is 2.47. The summed E-state index contributed by atoms with van der Waals surface area (Å²) < 4.78 is 0. The van der Waals surface area contributed by atoms with E-state index < -0.39 is 12.0 Å². The third-order valence-corrected chi connectivity index (χ3v) is 2.62. The zero-order chi connectivity index (χ0) is 15.7. The van der Waals surface area contributed by atoms with E-state index in [1.807, 2.05) is 6.92 Å². The van der Waals surface area contributed by atoms with Gasteiger partial charge >= 0.3 is 12.0 Å². The number of nitrogens with one attached hydrogen (secondary N) is 3. The van der Waals surface area contributed by atoms with Crippen LogP contribution in [0.25, 0.3) is 0 Å². The SMILES string of the molecule is CCNC(=O)CCNC(=O)Nc1ccccc1CC(=O)O. The van der Waals surface area contributed by atoms with Crippen molar-refractivity contribution in [2.75, 3.05) is 18.4 Å². The van der Waals surface area contributed by atoms with Crippen LogP contribution in [0.2, 0.25) is 0 Å². The second-order valence-corrected chi connectivity index (χ2v) is 4.31. The molecule has 0 unspecified atom stereocenters. The molecular weight excluding hydrogens is 274 g/mol. The number of hydrogen-bond donors (Lipinski definition) is 4. The van der Waals surface area contributed by atoms with Crippen molar-refractivity contribution in [2.24, 2.45) is 0 Å². The minimum absolute atomic E-state index is 0.135. The maximum atomic E-state index is 11.7. The number of urea groups is 1. The molecule has 0 bridgehead atoms. The van der Waals surface area contributed by atoms with E-state index in [-0.39, 0.29) is 25.3 Å². The van der Waals surface area contributed by atoms with Gasteiger partial charge in [0.2, 0.25) is 5.91 Å². The lowest BCUT2D eigenvalue weighted by atomic mass is 10.1. The van der Waals surface area contributed by atoms with Crippen molar-refractivity contribution >= 4 is 23.6 Å². The number of carboxylic acids is 1. The molecule has 0 radical (unpaired) electrons. The number of carbonyl (C=O) groups is 3. The van der Waals surface area contributed by atoms with Gasteiger partial charge in [-0.1, -0.05) is 18.2 Å². The molecule has 1 rings (SSSR count). The highest BCUT2D eigenvalue weighted by molar-refractivity contribution is 5.91. The summed E-state index contributed by atoms with van der Waals surface area (Å²) in [6.07, 6.45) is 0.0212. The molecule has 7 heteroatoms. The maximum absolute atomic E-state index is 11.7. The summed E-state index contributed by atoms with van der Waals surface area (Å²) in [4.78, 5) is 33.6. The van der Waals surface area contributed by atoms with Crippen molar-refractivity contribution in [3.8, 4) is 0 Å². The van der Waals surface area contributed by atoms with Crippen LogP contribution in [0, 0.1) is 0 Å². The van der Waals surface area contributed by atoms with Crippen LogP contribution in [0.1, 0.15) is 18.9 Å². The number of hydrogen-bond acceptors (Lipinski definition) is 3.